The zero-order valence-electron chi connectivity index (χ0n) is 21.2. The van der Waals surface area contributed by atoms with Crippen LogP contribution in [0.2, 0.25) is 10.0 Å². The highest BCUT2D eigenvalue weighted by Gasteiger charge is 2.36. The number of amides is 2. The van der Waals surface area contributed by atoms with Gasteiger partial charge in [-0.25, -0.2) is 8.42 Å². The van der Waals surface area contributed by atoms with Crippen molar-refractivity contribution in [3.63, 3.8) is 0 Å². The van der Waals surface area contributed by atoms with Crippen molar-refractivity contribution < 1.29 is 31.2 Å². The Hall–Kier alpha value is -2.50. The maximum absolute atomic E-state index is 13.6. The van der Waals surface area contributed by atoms with Gasteiger partial charge >= 0.3 is 6.18 Å². The van der Waals surface area contributed by atoms with Crippen molar-refractivity contribution in [1.82, 2.24) is 10.2 Å². The Balaban J connectivity index is 2.48. The lowest BCUT2D eigenvalue weighted by molar-refractivity contribution is -0.140. The van der Waals surface area contributed by atoms with Crippen LogP contribution >= 0.6 is 23.2 Å². The van der Waals surface area contributed by atoms with E-state index in [1.165, 1.54) is 4.90 Å². The molecule has 0 bridgehead atoms. The Morgan fingerprint density at radius 2 is 1.68 bits per heavy atom. The molecule has 0 aliphatic heterocycles. The molecule has 0 aliphatic rings. The quantitative estimate of drug-likeness (QED) is 0.328. The normalized spacial score (nSPS) is 12.6. The molecule has 13 heteroatoms. The first-order chi connectivity index (χ1) is 17.7. The van der Waals surface area contributed by atoms with E-state index in [1.807, 2.05) is 6.92 Å². The molecule has 2 aromatic carbocycles. The van der Waals surface area contributed by atoms with Gasteiger partial charge in [0.05, 0.1) is 22.5 Å². The maximum atomic E-state index is 13.6. The van der Waals surface area contributed by atoms with Gasteiger partial charge in [0.1, 0.15) is 12.6 Å². The van der Waals surface area contributed by atoms with Gasteiger partial charge < -0.3 is 10.2 Å². The molecular weight excluding hydrogens is 566 g/mol. The highest BCUT2D eigenvalue weighted by atomic mass is 35.5. The van der Waals surface area contributed by atoms with Crippen molar-refractivity contribution in [2.75, 3.05) is 23.7 Å². The molecule has 0 aliphatic carbocycles. The average Bonchev–Trinajstić information content (AvgIpc) is 2.82. The van der Waals surface area contributed by atoms with Crippen molar-refractivity contribution in [2.45, 2.75) is 51.9 Å². The standard InChI is InChI=1S/C25H30Cl2F3N3O4S/c1-4-6-13-31-24(35)22(5-2)32(15-17-7-9-18(26)10-8-17)23(34)16-33(38(3,36)37)19-11-12-21(27)20(14-19)25(28,29)30/h7-12,14,22H,4-6,13,15-16H2,1-3H3,(H,31,35)/t22-/m1/s1. The van der Waals surface area contributed by atoms with Crippen LogP contribution in [0.25, 0.3) is 0 Å². The molecular formula is C25H30Cl2F3N3O4S. The molecule has 2 rings (SSSR count). The van der Waals surface area contributed by atoms with Crippen molar-refractivity contribution in [3.8, 4) is 0 Å². The fourth-order valence-electron chi connectivity index (χ4n) is 3.71. The first-order valence-electron chi connectivity index (χ1n) is 11.8. The fraction of sp³-hybridized carbons (Fsp3) is 0.440. The van der Waals surface area contributed by atoms with Gasteiger partial charge in [-0.05, 0) is 48.7 Å². The summed E-state index contributed by atoms with van der Waals surface area (Å²) in [5, 5.41) is 2.63. The topological polar surface area (TPSA) is 86.8 Å². The monoisotopic (exact) mass is 595 g/mol. The van der Waals surface area contributed by atoms with E-state index in [0.717, 1.165) is 31.2 Å². The van der Waals surface area contributed by atoms with Gasteiger partial charge in [-0.15, -0.1) is 0 Å². The molecule has 1 N–H and O–H groups in total. The first-order valence-corrected chi connectivity index (χ1v) is 14.5. The number of halogens is 5. The molecule has 0 radical (unpaired) electrons. The summed E-state index contributed by atoms with van der Waals surface area (Å²) in [4.78, 5) is 27.8. The number of hydrogen-bond acceptors (Lipinski definition) is 4. The van der Waals surface area contributed by atoms with Crippen LogP contribution in [0.15, 0.2) is 42.5 Å². The minimum atomic E-state index is -4.84. The molecule has 0 saturated carbocycles. The Labute approximate surface area is 230 Å². The number of nitrogens with one attached hydrogen (secondary N) is 1. The molecule has 0 unspecified atom stereocenters. The molecule has 1 atom stereocenters. The number of nitrogens with zero attached hydrogens (tertiary/aromatic N) is 2. The Morgan fingerprint density at radius 1 is 1.05 bits per heavy atom. The minimum Gasteiger partial charge on any atom is -0.354 e. The lowest BCUT2D eigenvalue weighted by Gasteiger charge is -2.33. The number of hydrogen-bond donors (Lipinski definition) is 1. The number of anilines is 1. The van der Waals surface area contributed by atoms with E-state index >= 15 is 0 Å². The number of rotatable bonds is 12. The van der Waals surface area contributed by atoms with E-state index in [2.05, 4.69) is 5.32 Å². The van der Waals surface area contributed by atoms with Crippen LogP contribution < -0.4 is 9.62 Å². The van der Waals surface area contributed by atoms with Crippen molar-refractivity contribution in [3.05, 3.63) is 63.6 Å². The minimum absolute atomic E-state index is 0.0538. The lowest BCUT2D eigenvalue weighted by Crippen LogP contribution is -2.52. The molecule has 0 aromatic heterocycles. The van der Waals surface area contributed by atoms with Crippen LogP contribution in [0.5, 0.6) is 0 Å². The number of alkyl halides is 3. The molecule has 2 aromatic rings. The number of carbonyl (C=O) groups is 2. The predicted molar refractivity (Wildman–Crippen MR) is 143 cm³/mol. The highest BCUT2D eigenvalue weighted by Crippen LogP contribution is 2.37. The van der Waals surface area contributed by atoms with E-state index < -0.39 is 51.2 Å². The van der Waals surface area contributed by atoms with Crippen molar-refractivity contribution in [1.29, 1.82) is 0 Å². The maximum Gasteiger partial charge on any atom is 0.417 e. The van der Waals surface area contributed by atoms with Crippen LogP contribution in [0.1, 0.15) is 44.2 Å². The van der Waals surface area contributed by atoms with Crippen LogP contribution in [-0.4, -0.2) is 50.5 Å². The number of sulfonamides is 1. The highest BCUT2D eigenvalue weighted by molar-refractivity contribution is 7.92. The Kier molecular flexibility index (Phi) is 11.3. The predicted octanol–water partition coefficient (Wildman–Crippen LogP) is 5.50. The molecule has 38 heavy (non-hydrogen) atoms. The zero-order valence-corrected chi connectivity index (χ0v) is 23.5. The van der Waals surface area contributed by atoms with Gasteiger partial charge in [0.15, 0.2) is 0 Å². The third-order valence-corrected chi connectivity index (χ3v) is 7.43. The van der Waals surface area contributed by atoms with Crippen molar-refractivity contribution >= 4 is 50.7 Å². The SMILES string of the molecule is CCCCNC(=O)[C@@H](CC)N(Cc1ccc(Cl)cc1)C(=O)CN(c1ccc(Cl)c(C(F)(F)F)c1)S(C)(=O)=O. The van der Waals surface area contributed by atoms with E-state index in [9.17, 15) is 31.2 Å². The Bertz CT molecular complexity index is 1230. The summed E-state index contributed by atoms with van der Waals surface area (Å²) in [7, 11) is -4.21. The van der Waals surface area contributed by atoms with Gasteiger partial charge in [0, 0.05) is 18.1 Å². The van der Waals surface area contributed by atoms with E-state index in [0.29, 0.717) is 27.5 Å². The van der Waals surface area contributed by atoms with E-state index in [-0.39, 0.29) is 18.7 Å². The van der Waals surface area contributed by atoms with E-state index in [1.54, 1.807) is 31.2 Å². The molecule has 0 saturated heterocycles. The second-order valence-corrected chi connectivity index (χ2v) is 11.4. The van der Waals surface area contributed by atoms with Crippen molar-refractivity contribution in [2.24, 2.45) is 0 Å². The molecule has 2 amide bonds. The third-order valence-electron chi connectivity index (χ3n) is 5.70. The summed E-state index contributed by atoms with van der Waals surface area (Å²) in [5.74, 6) is -1.19. The second kappa shape index (κ2) is 13.5. The molecule has 0 heterocycles. The largest absolute Gasteiger partial charge is 0.417 e. The summed E-state index contributed by atoms with van der Waals surface area (Å²) in [5.41, 5.74) is -0.999. The Morgan fingerprint density at radius 3 is 2.21 bits per heavy atom. The first kappa shape index (κ1) is 31.7. The molecule has 7 nitrogen and oxygen atoms in total. The number of unbranched alkanes of at least 4 members (excludes halogenated alkanes) is 1. The molecule has 0 spiro atoms. The summed E-state index contributed by atoms with van der Waals surface area (Å²) >= 11 is 11.6. The van der Waals surface area contributed by atoms with Gasteiger partial charge in [-0.1, -0.05) is 55.6 Å². The van der Waals surface area contributed by atoms with Gasteiger partial charge in [-0.3, -0.25) is 13.9 Å². The van der Waals surface area contributed by atoms with Crippen LogP contribution in [0.4, 0.5) is 18.9 Å². The smallest absolute Gasteiger partial charge is 0.354 e. The van der Waals surface area contributed by atoms with Gasteiger partial charge in [0.25, 0.3) is 0 Å². The summed E-state index contributed by atoms with van der Waals surface area (Å²) in [6.07, 6.45) is -2.28. The third kappa shape index (κ3) is 8.78. The second-order valence-electron chi connectivity index (χ2n) is 8.65. The lowest BCUT2D eigenvalue weighted by atomic mass is 10.1. The molecule has 210 valence electrons. The average molecular weight is 596 g/mol. The van der Waals surface area contributed by atoms with Crippen LogP contribution in [0, 0.1) is 0 Å². The van der Waals surface area contributed by atoms with Crippen LogP contribution in [-0.2, 0) is 32.3 Å². The zero-order chi connectivity index (χ0) is 28.7. The number of carbonyl (C=O) groups excluding carboxylic acids is 2. The van der Waals surface area contributed by atoms with Gasteiger partial charge in [-0.2, -0.15) is 13.2 Å². The van der Waals surface area contributed by atoms with E-state index in [4.69, 9.17) is 23.2 Å². The van der Waals surface area contributed by atoms with Crippen LogP contribution in [0.3, 0.4) is 0 Å². The summed E-state index contributed by atoms with van der Waals surface area (Å²) < 4.78 is 66.1. The molecule has 0 fully saturated rings. The fourth-order valence-corrected chi connectivity index (χ4v) is 4.90. The number of benzene rings is 2. The summed E-state index contributed by atoms with van der Waals surface area (Å²) in [6.45, 7) is 3.18. The van der Waals surface area contributed by atoms with Gasteiger partial charge in [0.2, 0.25) is 21.8 Å². The summed E-state index contributed by atoms with van der Waals surface area (Å²) in [6, 6.07) is 8.17.